The minimum Gasteiger partial charge on any atom is -0.481 e. The second-order valence-electron chi connectivity index (χ2n) is 5.26. The maximum Gasteiger partial charge on any atom is 0.308 e. The van der Waals surface area contributed by atoms with Gasteiger partial charge in [-0.3, -0.25) is 4.79 Å². The standard InChI is InChI=1S/C15H18N4O2/c1-16-13-14(18-12-7-3-2-6-11(12)17-13)19-8-4-5-10(9-19)15(20)21/h2-3,6-7,10H,4-5,8-9H2,1H3,(H,16,17)(H,20,21)/t10-/m1/s1. The first-order chi connectivity index (χ1) is 10.2. The molecule has 3 rings (SSSR count). The molecule has 1 atom stereocenters. The lowest BCUT2D eigenvalue weighted by Gasteiger charge is -2.32. The first-order valence-corrected chi connectivity index (χ1v) is 7.11. The molecule has 21 heavy (non-hydrogen) atoms. The van der Waals surface area contributed by atoms with Crippen LogP contribution in [0.3, 0.4) is 0 Å². The molecule has 2 heterocycles. The Bertz CT molecular complexity index is 674. The number of carbonyl (C=O) groups is 1. The van der Waals surface area contributed by atoms with Gasteiger partial charge in [0.05, 0.1) is 17.0 Å². The summed E-state index contributed by atoms with van der Waals surface area (Å²) in [5, 5.41) is 12.3. The average Bonchev–Trinajstić information content (AvgIpc) is 2.53. The zero-order chi connectivity index (χ0) is 14.8. The molecule has 1 aliphatic rings. The van der Waals surface area contributed by atoms with Gasteiger partial charge in [-0.2, -0.15) is 0 Å². The van der Waals surface area contributed by atoms with E-state index >= 15 is 0 Å². The Labute approximate surface area is 122 Å². The Morgan fingerprint density at radius 3 is 2.71 bits per heavy atom. The number of benzene rings is 1. The monoisotopic (exact) mass is 286 g/mol. The SMILES string of the molecule is CNc1nc2ccccc2nc1N1CCC[C@@H](C(=O)O)C1. The van der Waals surface area contributed by atoms with Crippen molar-refractivity contribution >= 4 is 28.6 Å². The number of para-hydroxylation sites is 2. The van der Waals surface area contributed by atoms with Crippen molar-refractivity contribution in [2.75, 3.05) is 30.4 Å². The van der Waals surface area contributed by atoms with Crippen molar-refractivity contribution < 1.29 is 9.90 Å². The highest BCUT2D eigenvalue weighted by Gasteiger charge is 2.27. The van der Waals surface area contributed by atoms with Crippen LogP contribution in [0.15, 0.2) is 24.3 Å². The Hall–Kier alpha value is -2.37. The van der Waals surface area contributed by atoms with Gasteiger partial charge in [0, 0.05) is 20.1 Å². The van der Waals surface area contributed by atoms with Crippen molar-refractivity contribution in [2.24, 2.45) is 5.92 Å². The van der Waals surface area contributed by atoms with Gasteiger partial charge < -0.3 is 15.3 Å². The summed E-state index contributed by atoms with van der Waals surface area (Å²) >= 11 is 0. The maximum atomic E-state index is 11.2. The van der Waals surface area contributed by atoms with E-state index in [-0.39, 0.29) is 5.92 Å². The number of anilines is 2. The lowest BCUT2D eigenvalue weighted by atomic mass is 9.98. The topological polar surface area (TPSA) is 78.4 Å². The number of carboxylic acids is 1. The summed E-state index contributed by atoms with van der Waals surface area (Å²) in [4.78, 5) is 22.5. The minimum atomic E-state index is -0.737. The van der Waals surface area contributed by atoms with Crippen molar-refractivity contribution in [1.82, 2.24) is 9.97 Å². The highest BCUT2D eigenvalue weighted by atomic mass is 16.4. The van der Waals surface area contributed by atoms with Gasteiger partial charge in [-0.1, -0.05) is 12.1 Å². The van der Waals surface area contributed by atoms with E-state index in [1.807, 2.05) is 29.2 Å². The number of nitrogens with zero attached hydrogens (tertiary/aromatic N) is 3. The molecule has 0 aliphatic carbocycles. The minimum absolute atomic E-state index is 0.336. The summed E-state index contributed by atoms with van der Waals surface area (Å²) < 4.78 is 0. The van der Waals surface area contributed by atoms with Crippen LogP contribution in [0.2, 0.25) is 0 Å². The molecule has 1 aliphatic heterocycles. The second kappa shape index (κ2) is 5.55. The number of aromatic nitrogens is 2. The Morgan fingerprint density at radius 2 is 2.05 bits per heavy atom. The summed E-state index contributed by atoms with van der Waals surface area (Å²) in [6, 6.07) is 7.70. The number of piperidine rings is 1. The first kappa shape index (κ1) is 13.6. The lowest BCUT2D eigenvalue weighted by molar-refractivity contribution is -0.141. The van der Waals surface area contributed by atoms with Gasteiger partial charge in [0.1, 0.15) is 0 Å². The smallest absolute Gasteiger partial charge is 0.308 e. The van der Waals surface area contributed by atoms with Crippen LogP contribution in [0, 0.1) is 5.92 Å². The summed E-state index contributed by atoms with van der Waals surface area (Å²) in [6.45, 7) is 1.29. The summed E-state index contributed by atoms with van der Waals surface area (Å²) in [7, 11) is 1.81. The fourth-order valence-electron chi connectivity index (χ4n) is 2.75. The molecule has 1 aromatic heterocycles. The van der Waals surface area contributed by atoms with Crippen molar-refractivity contribution in [1.29, 1.82) is 0 Å². The van der Waals surface area contributed by atoms with Crippen LogP contribution < -0.4 is 10.2 Å². The number of carboxylic acid groups (broad SMARTS) is 1. The van der Waals surface area contributed by atoms with Crippen LogP contribution >= 0.6 is 0 Å². The van der Waals surface area contributed by atoms with Crippen LogP contribution in [0.5, 0.6) is 0 Å². The largest absolute Gasteiger partial charge is 0.481 e. The Balaban J connectivity index is 2.00. The van der Waals surface area contributed by atoms with E-state index in [4.69, 9.17) is 0 Å². The third kappa shape index (κ3) is 2.61. The summed E-state index contributed by atoms with van der Waals surface area (Å²) in [6.07, 6.45) is 1.58. The molecule has 1 aromatic carbocycles. The molecule has 0 spiro atoms. The zero-order valence-corrected chi connectivity index (χ0v) is 11.9. The first-order valence-electron chi connectivity index (χ1n) is 7.11. The van der Waals surface area contributed by atoms with Gasteiger partial charge in [-0.25, -0.2) is 9.97 Å². The fraction of sp³-hybridized carbons (Fsp3) is 0.400. The van der Waals surface area contributed by atoms with Gasteiger partial charge >= 0.3 is 5.97 Å². The summed E-state index contributed by atoms with van der Waals surface area (Å²) in [5.41, 5.74) is 1.65. The highest BCUT2D eigenvalue weighted by Crippen LogP contribution is 2.28. The van der Waals surface area contributed by atoms with Crippen molar-refractivity contribution in [3.63, 3.8) is 0 Å². The molecule has 0 unspecified atom stereocenters. The Morgan fingerprint density at radius 1 is 1.33 bits per heavy atom. The number of aliphatic carboxylic acids is 1. The number of hydrogen-bond donors (Lipinski definition) is 2. The number of fused-ring (bicyclic) bond motifs is 1. The molecular weight excluding hydrogens is 268 g/mol. The van der Waals surface area contributed by atoms with E-state index in [0.29, 0.717) is 12.4 Å². The van der Waals surface area contributed by atoms with Crippen LogP contribution in [0.1, 0.15) is 12.8 Å². The van der Waals surface area contributed by atoms with Crippen molar-refractivity contribution in [3.8, 4) is 0 Å². The molecule has 6 nitrogen and oxygen atoms in total. The van der Waals surface area contributed by atoms with Gasteiger partial charge in [-0.15, -0.1) is 0 Å². The molecule has 0 radical (unpaired) electrons. The van der Waals surface area contributed by atoms with E-state index in [1.165, 1.54) is 0 Å². The molecule has 0 amide bonds. The van der Waals surface area contributed by atoms with Gasteiger partial charge in [0.15, 0.2) is 11.6 Å². The predicted molar refractivity (Wildman–Crippen MR) is 81.7 cm³/mol. The Kier molecular flexibility index (Phi) is 3.60. The van der Waals surface area contributed by atoms with Gasteiger partial charge in [0.2, 0.25) is 0 Å². The number of nitrogens with one attached hydrogen (secondary N) is 1. The number of rotatable bonds is 3. The van der Waals surface area contributed by atoms with Crippen LogP contribution in [-0.2, 0) is 4.79 Å². The third-order valence-electron chi connectivity index (χ3n) is 3.86. The highest BCUT2D eigenvalue weighted by molar-refractivity contribution is 5.81. The van der Waals surface area contributed by atoms with Crippen LogP contribution in [0.25, 0.3) is 11.0 Å². The zero-order valence-electron chi connectivity index (χ0n) is 11.9. The summed E-state index contributed by atoms with van der Waals surface area (Å²) in [5.74, 6) is 0.359. The van der Waals surface area contributed by atoms with E-state index in [1.54, 1.807) is 7.05 Å². The quantitative estimate of drug-likeness (QED) is 0.898. The van der Waals surface area contributed by atoms with E-state index in [9.17, 15) is 9.90 Å². The molecular formula is C15H18N4O2. The van der Waals surface area contributed by atoms with Crippen molar-refractivity contribution in [3.05, 3.63) is 24.3 Å². The van der Waals surface area contributed by atoms with E-state index in [0.717, 1.165) is 36.2 Å². The van der Waals surface area contributed by atoms with Gasteiger partial charge in [-0.05, 0) is 25.0 Å². The normalized spacial score (nSPS) is 18.7. The molecule has 0 bridgehead atoms. The molecule has 110 valence electrons. The van der Waals surface area contributed by atoms with E-state index < -0.39 is 5.97 Å². The second-order valence-corrected chi connectivity index (χ2v) is 5.26. The third-order valence-corrected chi connectivity index (χ3v) is 3.86. The molecule has 1 saturated heterocycles. The van der Waals surface area contributed by atoms with Crippen LogP contribution in [-0.4, -0.2) is 41.2 Å². The maximum absolute atomic E-state index is 11.2. The van der Waals surface area contributed by atoms with Gasteiger partial charge in [0.25, 0.3) is 0 Å². The van der Waals surface area contributed by atoms with Crippen molar-refractivity contribution in [2.45, 2.75) is 12.8 Å². The predicted octanol–water partition coefficient (Wildman–Crippen LogP) is 1.97. The molecule has 1 fully saturated rings. The number of hydrogen-bond acceptors (Lipinski definition) is 5. The average molecular weight is 286 g/mol. The van der Waals surface area contributed by atoms with Crippen LogP contribution in [0.4, 0.5) is 11.6 Å². The lowest BCUT2D eigenvalue weighted by Crippen LogP contribution is -2.39. The molecule has 2 N–H and O–H groups in total. The molecule has 0 saturated carbocycles. The molecule has 6 heteroatoms. The fourth-order valence-corrected chi connectivity index (χ4v) is 2.75. The van der Waals surface area contributed by atoms with E-state index in [2.05, 4.69) is 15.3 Å². The molecule has 2 aromatic rings.